The van der Waals surface area contributed by atoms with Gasteiger partial charge in [0.1, 0.15) is 23.0 Å². The Kier molecular flexibility index (Phi) is 9.66. The standard InChI is InChI=1S/C26H24ClF3N4O4/c1-16(35)4-2-3-12-32-24(36)23-15-20(11-13-31-23)38-19-8-5-17(6-9-19)33-25(37)34-18-7-10-22(27)21(14-18)26(28,29)30/h5-11,13-15H,2-4,12H2,1H3,(H,32,36)(H2,33,34,37). The zero-order valence-electron chi connectivity index (χ0n) is 20.2. The van der Waals surface area contributed by atoms with Gasteiger partial charge in [0.25, 0.3) is 5.91 Å². The molecule has 0 saturated heterocycles. The molecule has 3 N–H and O–H groups in total. The Bertz CT molecular complexity index is 1300. The number of benzene rings is 2. The van der Waals surface area contributed by atoms with Crippen LogP contribution in [-0.2, 0) is 11.0 Å². The lowest BCUT2D eigenvalue weighted by Crippen LogP contribution is -2.25. The van der Waals surface area contributed by atoms with Gasteiger partial charge < -0.3 is 25.5 Å². The van der Waals surface area contributed by atoms with Crippen molar-refractivity contribution in [3.05, 3.63) is 77.1 Å². The highest BCUT2D eigenvalue weighted by Gasteiger charge is 2.33. The van der Waals surface area contributed by atoms with Crippen LogP contribution in [0.1, 0.15) is 42.2 Å². The average molecular weight is 549 g/mol. The summed E-state index contributed by atoms with van der Waals surface area (Å²) in [5.41, 5.74) is -0.605. The van der Waals surface area contributed by atoms with Gasteiger partial charge in [-0.3, -0.25) is 9.78 Å². The number of hydrogen-bond donors (Lipinski definition) is 3. The number of ether oxygens (including phenoxy) is 1. The van der Waals surface area contributed by atoms with Crippen molar-refractivity contribution < 1.29 is 32.3 Å². The molecule has 0 aliphatic heterocycles. The Balaban J connectivity index is 1.53. The molecule has 0 saturated carbocycles. The van der Waals surface area contributed by atoms with Crippen LogP contribution >= 0.6 is 11.6 Å². The van der Waals surface area contributed by atoms with Gasteiger partial charge in [-0.2, -0.15) is 13.2 Å². The molecule has 3 rings (SSSR count). The van der Waals surface area contributed by atoms with Gasteiger partial charge in [-0.15, -0.1) is 0 Å². The minimum atomic E-state index is -4.66. The van der Waals surface area contributed by atoms with E-state index in [9.17, 15) is 27.6 Å². The molecule has 1 heterocycles. The molecule has 0 spiro atoms. The molecule has 3 amide bonds. The lowest BCUT2D eigenvalue weighted by Gasteiger charge is -2.12. The van der Waals surface area contributed by atoms with E-state index in [1.807, 2.05) is 0 Å². The molecular weight excluding hydrogens is 525 g/mol. The van der Waals surface area contributed by atoms with E-state index in [1.54, 1.807) is 18.2 Å². The molecule has 0 radical (unpaired) electrons. The van der Waals surface area contributed by atoms with Gasteiger partial charge in [0, 0.05) is 36.6 Å². The van der Waals surface area contributed by atoms with E-state index < -0.39 is 22.8 Å². The number of rotatable bonds is 10. The third-order valence-electron chi connectivity index (χ3n) is 5.08. The number of urea groups is 1. The van der Waals surface area contributed by atoms with Crippen molar-refractivity contribution in [3.63, 3.8) is 0 Å². The molecule has 0 bridgehead atoms. The largest absolute Gasteiger partial charge is 0.457 e. The minimum Gasteiger partial charge on any atom is -0.457 e. The predicted molar refractivity (Wildman–Crippen MR) is 137 cm³/mol. The van der Waals surface area contributed by atoms with Crippen LogP contribution in [0.4, 0.5) is 29.3 Å². The summed E-state index contributed by atoms with van der Waals surface area (Å²) in [4.78, 5) is 39.5. The summed E-state index contributed by atoms with van der Waals surface area (Å²) in [5.74, 6) is 0.511. The van der Waals surface area contributed by atoms with Crippen LogP contribution in [0.5, 0.6) is 11.5 Å². The highest BCUT2D eigenvalue weighted by atomic mass is 35.5. The molecule has 0 aliphatic carbocycles. The summed E-state index contributed by atoms with van der Waals surface area (Å²) in [6.07, 6.45) is -1.38. The molecule has 38 heavy (non-hydrogen) atoms. The number of hydrogen-bond acceptors (Lipinski definition) is 5. The maximum atomic E-state index is 13.0. The second-order valence-electron chi connectivity index (χ2n) is 8.19. The lowest BCUT2D eigenvalue weighted by molar-refractivity contribution is -0.137. The molecule has 3 aromatic rings. The number of aromatic nitrogens is 1. The number of carbonyl (C=O) groups is 3. The molecule has 1 aromatic heterocycles. The third kappa shape index (κ3) is 8.77. The van der Waals surface area contributed by atoms with Crippen LogP contribution in [0, 0.1) is 0 Å². The minimum absolute atomic E-state index is 0.0761. The summed E-state index contributed by atoms with van der Waals surface area (Å²) >= 11 is 5.59. The van der Waals surface area contributed by atoms with E-state index in [2.05, 4.69) is 20.9 Å². The first-order valence-corrected chi connectivity index (χ1v) is 11.9. The van der Waals surface area contributed by atoms with Gasteiger partial charge in [-0.1, -0.05) is 11.6 Å². The number of amides is 3. The van der Waals surface area contributed by atoms with Crippen molar-refractivity contribution in [1.82, 2.24) is 10.3 Å². The molecular formula is C26H24ClF3N4O4. The Morgan fingerprint density at radius 3 is 2.29 bits per heavy atom. The fraction of sp³-hybridized carbons (Fsp3) is 0.231. The Morgan fingerprint density at radius 2 is 1.61 bits per heavy atom. The number of halogens is 4. The van der Waals surface area contributed by atoms with Crippen molar-refractivity contribution >= 4 is 40.7 Å². The third-order valence-corrected chi connectivity index (χ3v) is 5.41. The van der Waals surface area contributed by atoms with Crippen LogP contribution < -0.4 is 20.7 Å². The van der Waals surface area contributed by atoms with Crippen LogP contribution in [0.2, 0.25) is 5.02 Å². The molecule has 0 fully saturated rings. The molecule has 0 unspecified atom stereocenters. The molecule has 0 atom stereocenters. The van der Waals surface area contributed by atoms with Crippen LogP contribution in [0.15, 0.2) is 60.8 Å². The summed E-state index contributed by atoms with van der Waals surface area (Å²) in [5, 5.41) is 7.11. The van der Waals surface area contributed by atoms with Gasteiger partial charge in [0.15, 0.2) is 0 Å². The van der Waals surface area contributed by atoms with E-state index >= 15 is 0 Å². The van der Waals surface area contributed by atoms with Gasteiger partial charge in [-0.25, -0.2) is 4.79 Å². The van der Waals surface area contributed by atoms with E-state index in [1.165, 1.54) is 37.4 Å². The smallest absolute Gasteiger partial charge is 0.417 e. The maximum absolute atomic E-state index is 13.0. The number of nitrogens with one attached hydrogen (secondary N) is 3. The van der Waals surface area contributed by atoms with Crippen molar-refractivity contribution in [3.8, 4) is 11.5 Å². The first-order valence-electron chi connectivity index (χ1n) is 11.5. The number of anilines is 2. The Morgan fingerprint density at radius 1 is 0.921 bits per heavy atom. The van der Waals surface area contributed by atoms with Crippen molar-refractivity contribution in [2.24, 2.45) is 0 Å². The second kappa shape index (κ2) is 12.9. The van der Waals surface area contributed by atoms with Crippen LogP contribution in [-0.4, -0.2) is 29.3 Å². The van der Waals surface area contributed by atoms with Gasteiger partial charge in [-0.05, 0) is 68.3 Å². The Labute approximate surface area is 221 Å². The highest BCUT2D eigenvalue weighted by Crippen LogP contribution is 2.36. The summed E-state index contributed by atoms with van der Waals surface area (Å²) in [6, 6.07) is 11.6. The number of carbonyl (C=O) groups excluding carboxylic acids is 3. The SMILES string of the molecule is CC(=O)CCCCNC(=O)c1cc(Oc2ccc(NC(=O)Nc3ccc(Cl)c(C(F)(F)F)c3)cc2)ccn1. The summed E-state index contributed by atoms with van der Waals surface area (Å²) in [7, 11) is 0. The van der Waals surface area contributed by atoms with Gasteiger partial charge in [0.2, 0.25) is 0 Å². The molecule has 2 aromatic carbocycles. The quantitative estimate of drug-likeness (QED) is 0.245. The molecule has 12 heteroatoms. The molecule has 8 nitrogen and oxygen atoms in total. The maximum Gasteiger partial charge on any atom is 0.417 e. The topological polar surface area (TPSA) is 109 Å². The summed E-state index contributed by atoms with van der Waals surface area (Å²) in [6.45, 7) is 1.94. The first-order chi connectivity index (χ1) is 18.0. The fourth-order valence-electron chi connectivity index (χ4n) is 3.25. The summed E-state index contributed by atoms with van der Waals surface area (Å²) < 4.78 is 44.8. The Hall–Kier alpha value is -4.12. The monoisotopic (exact) mass is 548 g/mol. The zero-order valence-corrected chi connectivity index (χ0v) is 20.9. The number of Topliss-reactive ketones (excluding diaryl/α,β-unsaturated/α-hetero) is 1. The lowest BCUT2D eigenvalue weighted by atomic mass is 10.2. The number of unbranched alkanes of at least 4 members (excludes halogenated alkanes) is 1. The number of nitrogens with zero attached hydrogens (tertiary/aromatic N) is 1. The van der Waals surface area contributed by atoms with Crippen LogP contribution in [0.25, 0.3) is 0 Å². The van der Waals surface area contributed by atoms with E-state index in [0.29, 0.717) is 43.0 Å². The normalized spacial score (nSPS) is 11.0. The number of alkyl halides is 3. The van der Waals surface area contributed by atoms with Gasteiger partial charge >= 0.3 is 12.2 Å². The number of pyridine rings is 1. The number of ketones is 1. The highest BCUT2D eigenvalue weighted by molar-refractivity contribution is 6.31. The van der Waals surface area contributed by atoms with E-state index in [0.717, 1.165) is 12.1 Å². The van der Waals surface area contributed by atoms with Crippen molar-refractivity contribution in [2.75, 3.05) is 17.2 Å². The predicted octanol–water partition coefficient (Wildman–Crippen LogP) is 6.68. The zero-order chi connectivity index (χ0) is 27.7. The van der Waals surface area contributed by atoms with Gasteiger partial charge in [0.05, 0.1) is 10.6 Å². The van der Waals surface area contributed by atoms with E-state index in [-0.39, 0.29) is 23.1 Å². The van der Waals surface area contributed by atoms with Crippen molar-refractivity contribution in [1.29, 1.82) is 0 Å². The van der Waals surface area contributed by atoms with Crippen molar-refractivity contribution in [2.45, 2.75) is 32.4 Å². The first kappa shape index (κ1) is 28.5. The fourth-order valence-corrected chi connectivity index (χ4v) is 3.47. The second-order valence-corrected chi connectivity index (χ2v) is 8.60. The molecule has 0 aliphatic rings. The van der Waals surface area contributed by atoms with Crippen LogP contribution in [0.3, 0.4) is 0 Å². The average Bonchev–Trinajstić information content (AvgIpc) is 2.85. The van der Waals surface area contributed by atoms with E-state index in [4.69, 9.17) is 16.3 Å². The molecule has 200 valence electrons.